The van der Waals surface area contributed by atoms with E-state index in [-0.39, 0.29) is 0 Å². The standard InChI is InChI=1S/C15H21F2N/c1-10-3-7-13(15(17)14(10)16)8-6-12-5-4-11(2)18-9-12/h3,7,11-12,18H,4-6,8-9H2,1-2H3. The Morgan fingerprint density at radius 1 is 1.22 bits per heavy atom. The van der Waals surface area contributed by atoms with Gasteiger partial charge in [0, 0.05) is 6.04 Å². The lowest BCUT2D eigenvalue weighted by molar-refractivity contribution is 0.308. The molecule has 1 saturated heterocycles. The molecule has 0 radical (unpaired) electrons. The zero-order valence-electron chi connectivity index (χ0n) is 11.1. The number of benzene rings is 1. The highest BCUT2D eigenvalue weighted by Gasteiger charge is 2.18. The molecule has 0 amide bonds. The number of piperidine rings is 1. The molecule has 1 aromatic carbocycles. The quantitative estimate of drug-likeness (QED) is 0.868. The average molecular weight is 253 g/mol. The minimum Gasteiger partial charge on any atom is -0.314 e. The van der Waals surface area contributed by atoms with Crippen LogP contribution in [0.3, 0.4) is 0 Å². The minimum atomic E-state index is -0.692. The van der Waals surface area contributed by atoms with Crippen LogP contribution in [0.2, 0.25) is 0 Å². The zero-order valence-corrected chi connectivity index (χ0v) is 11.1. The van der Waals surface area contributed by atoms with Crippen molar-refractivity contribution in [2.75, 3.05) is 6.54 Å². The summed E-state index contributed by atoms with van der Waals surface area (Å²) in [5.74, 6) is -0.764. The molecule has 0 spiro atoms. The van der Waals surface area contributed by atoms with Crippen LogP contribution in [0.15, 0.2) is 12.1 Å². The Hall–Kier alpha value is -0.960. The fourth-order valence-electron chi connectivity index (χ4n) is 2.54. The molecule has 1 aliphatic heterocycles. The molecule has 1 N–H and O–H groups in total. The van der Waals surface area contributed by atoms with Crippen molar-refractivity contribution in [3.63, 3.8) is 0 Å². The molecule has 0 aromatic heterocycles. The molecule has 2 atom stereocenters. The predicted octanol–water partition coefficient (Wildman–Crippen LogP) is 3.59. The molecule has 0 aliphatic carbocycles. The van der Waals surface area contributed by atoms with Gasteiger partial charge in [-0.15, -0.1) is 0 Å². The minimum absolute atomic E-state index is 0.379. The van der Waals surface area contributed by atoms with Gasteiger partial charge < -0.3 is 5.32 Å². The third kappa shape index (κ3) is 3.08. The van der Waals surface area contributed by atoms with Gasteiger partial charge in [0.15, 0.2) is 11.6 Å². The molecular formula is C15H21F2N. The van der Waals surface area contributed by atoms with Crippen LogP contribution in [0, 0.1) is 24.5 Å². The highest BCUT2D eigenvalue weighted by atomic mass is 19.2. The second-order valence-electron chi connectivity index (χ2n) is 5.46. The van der Waals surface area contributed by atoms with E-state index in [0.29, 0.717) is 29.5 Å². The van der Waals surface area contributed by atoms with E-state index in [4.69, 9.17) is 0 Å². The van der Waals surface area contributed by atoms with Gasteiger partial charge in [-0.05, 0) is 63.1 Å². The zero-order chi connectivity index (χ0) is 13.1. The summed E-state index contributed by atoms with van der Waals surface area (Å²) in [5, 5.41) is 3.44. The van der Waals surface area contributed by atoms with Crippen molar-refractivity contribution in [1.29, 1.82) is 0 Å². The SMILES string of the molecule is Cc1ccc(CCC2CCC(C)NC2)c(F)c1F. The number of aryl methyl sites for hydroxylation is 2. The topological polar surface area (TPSA) is 12.0 Å². The smallest absolute Gasteiger partial charge is 0.162 e. The highest BCUT2D eigenvalue weighted by molar-refractivity contribution is 5.25. The summed E-state index contributed by atoms with van der Waals surface area (Å²) < 4.78 is 27.1. The van der Waals surface area contributed by atoms with Crippen LogP contribution in [0.1, 0.15) is 37.3 Å². The lowest BCUT2D eigenvalue weighted by Gasteiger charge is -2.27. The van der Waals surface area contributed by atoms with Gasteiger partial charge in [0.1, 0.15) is 0 Å². The Morgan fingerprint density at radius 3 is 2.67 bits per heavy atom. The summed E-state index contributed by atoms with van der Waals surface area (Å²) in [5.41, 5.74) is 0.890. The van der Waals surface area contributed by atoms with E-state index in [2.05, 4.69) is 12.2 Å². The van der Waals surface area contributed by atoms with Crippen LogP contribution in [-0.4, -0.2) is 12.6 Å². The van der Waals surface area contributed by atoms with Crippen LogP contribution in [0.4, 0.5) is 8.78 Å². The van der Waals surface area contributed by atoms with Crippen LogP contribution < -0.4 is 5.32 Å². The predicted molar refractivity (Wildman–Crippen MR) is 69.6 cm³/mol. The van der Waals surface area contributed by atoms with Crippen molar-refractivity contribution in [2.24, 2.45) is 5.92 Å². The maximum Gasteiger partial charge on any atom is 0.162 e. The molecule has 0 saturated carbocycles. The number of hydrogen-bond acceptors (Lipinski definition) is 1. The third-order valence-electron chi connectivity index (χ3n) is 3.94. The van der Waals surface area contributed by atoms with Gasteiger partial charge in [-0.2, -0.15) is 0 Å². The Kier molecular flexibility index (Phi) is 4.33. The Bertz CT molecular complexity index is 409. The van der Waals surface area contributed by atoms with Crippen molar-refractivity contribution in [2.45, 2.75) is 45.6 Å². The highest BCUT2D eigenvalue weighted by Crippen LogP contribution is 2.22. The Labute approximate surface area is 108 Å². The first-order valence-electron chi connectivity index (χ1n) is 6.74. The van der Waals surface area contributed by atoms with Crippen LogP contribution in [-0.2, 0) is 6.42 Å². The number of halogens is 2. The maximum atomic E-state index is 13.7. The van der Waals surface area contributed by atoms with Crippen LogP contribution in [0.25, 0.3) is 0 Å². The third-order valence-corrected chi connectivity index (χ3v) is 3.94. The van der Waals surface area contributed by atoms with E-state index < -0.39 is 11.6 Å². The first kappa shape index (κ1) is 13.5. The van der Waals surface area contributed by atoms with E-state index in [1.54, 1.807) is 19.1 Å². The molecule has 1 heterocycles. The summed E-state index contributed by atoms with van der Waals surface area (Å²) in [4.78, 5) is 0. The van der Waals surface area contributed by atoms with Crippen LogP contribution >= 0.6 is 0 Å². The molecule has 1 aliphatic rings. The van der Waals surface area contributed by atoms with E-state index in [9.17, 15) is 8.78 Å². The fraction of sp³-hybridized carbons (Fsp3) is 0.600. The average Bonchev–Trinajstić information content (AvgIpc) is 2.37. The van der Waals surface area contributed by atoms with Crippen LogP contribution in [0.5, 0.6) is 0 Å². The van der Waals surface area contributed by atoms with E-state index in [1.165, 1.54) is 12.8 Å². The maximum absolute atomic E-state index is 13.7. The lowest BCUT2D eigenvalue weighted by atomic mass is 9.90. The second kappa shape index (κ2) is 5.79. The molecule has 3 heteroatoms. The Balaban J connectivity index is 1.92. The van der Waals surface area contributed by atoms with Crippen molar-refractivity contribution in [3.8, 4) is 0 Å². The van der Waals surface area contributed by atoms with Crippen molar-refractivity contribution in [1.82, 2.24) is 5.32 Å². The molecule has 100 valence electrons. The first-order chi connectivity index (χ1) is 8.58. The molecule has 1 nitrogen and oxygen atoms in total. The normalized spacial score (nSPS) is 24.2. The van der Waals surface area contributed by atoms with Gasteiger partial charge >= 0.3 is 0 Å². The summed E-state index contributed by atoms with van der Waals surface area (Å²) in [6.45, 7) is 4.77. The fourth-order valence-corrected chi connectivity index (χ4v) is 2.54. The summed E-state index contributed by atoms with van der Waals surface area (Å²) in [6.07, 6.45) is 3.92. The van der Waals surface area contributed by atoms with E-state index in [1.807, 2.05) is 0 Å². The number of rotatable bonds is 3. The molecule has 2 unspecified atom stereocenters. The van der Waals surface area contributed by atoms with Crippen molar-refractivity contribution < 1.29 is 8.78 Å². The van der Waals surface area contributed by atoms with Gasteiger partial charge in [0.25, 0.3) is 0 Å². The molecule has 1 fully saturated rings. The number of nitrogens with one attached hydrogen (secondary N) is 1. The summed E-state index contributed by atoms with van der Waals surface area (Å²) in [6, 6.07) is 3.97. The molecule has 1 aromatic rings. The second-order valence-corrected chi connectivity index (χ2v) is 5.46. The molecular weight excluding hydrogens is 232 g/mol. The number of hydrogen-bond donors (Lipinski definition) is 1. The van der Waals surface area contributed by atoms with Gasteiger partial charge in [0.2, 0.25) is 0 Å². The van der Waals surface area contributed by atoms with Gasteiger partial charge in [-0.1, -0.05) is 12.1 Å². The molecule has 2 rings (SSSR count). The van der Waals surface area contributed by atoms with Gasteiger partial charge in [-0.3, -0.25) is 0 Å². The van der Waals surface area contributed by atoms with E-state index >= 15 is 0 Å². The summed E-state index contributed by atoms with van der Waals surface area (Å²) in [7, 11) is 0. The summed E-state index contributed by atoms with van der Waals surface area (Å²) >= 11 is 0. The molecule has 0 bridgehead atoms. The van der Waals surface area contributed by atoms with Crippen molar-refractivity contribution in [3.05, 3.63) is 34.9 Å². The first-order valence-corrected chi connectivity index (χ1v) is 6.74. The largest absolute Gasteiger partial charge is 0.314 e. The lowest BCUT2D eigenvalue weighted by Crippen LogP contribution is -2.36. The Morgan fingerprint density at radius 2 is 2.00 bits per heavy atom. The van der Waals surface area contributed by atoms with Gasteiger partial charge in [0.05, 0.1) is 0 Å². The monoisotopic (exact) mass is 253 g/mol. The molecule has 18 heavy (non-hydrogen) atoms. The van der Waals surface area contributed by atoms with Crippen molar-refractivity contribution >= 4 is 0 Å². The van der Waals surface area contributed by atoms with E-state index in [0.717, 1.165) is 13.0 Å². The van der Waals surface area contributed by atoms with Gasteiger partial charge in [-0.25, -0.2) is 8.78 Å².